The zero-order valence-corrected chi connectivity index (χ0v) is 10.2. The number of imidazole rings is 1. The Balaban J connectivity index is 2.09. The van der Waals surface area contributed by atoms with Gasteiger partial charge in [-0.2, -0.15) is 14.0 Å². The molecule has 1 amide bonds. The molecule has 1 atom stereocenters. The van der Waals surface area contributed by atoms with Gasteiger partial charge in [0.25, 0.3) is 0 Å². The summed E-state index contributed by atoms with van der Waals surface area (Å²) in [4.78, 5) is 15.5. The number of furan rings is 1. The highest BCUT2D eigenvalue weighted by Crippen LogP contribution is 2.19. The molecule has 0 unspecified atom stereocenters. The molecule has 2 aromatic rings. The molecule has 6 nitrogen and oxygen atoms in total. The average molecular weight is 280 g/mol. The van der Waals surface area contributed by atoms with Gasteiger partial charge in [0.05, 0.1) is 18.9 Å². The minimum absolute atomic E-state index is 0.0688. The van der Waals surface area contributed by atoms with Crippen molar-refractivity contribution in [3.05, 3.63) is 42.4 Å². The zero-order chi connectivity index (χ0) is 14.5. The van der Waals surface area contributed by atoms with Crippen LogP contribution < -0.4 is 5.32 Å². The van der Waals surface area contributed by atoms with Gasteiger partial charge in [0, 0.05) is 12.4 Å². The van der Waals surface area contributed by atoms with Crippen molar-refractivity contribution < 1.29 is 18.0 Å². The number of halogens is 2. The molecule has 0 aromatic carbocycles. The Bertz CT molecular complexity index is 616. The molecule has 0 radical (unpaired) electrons. The number of nitrogens with one attached hydrogen (secondary N) is 1. The van der Waals surface area contributed by atoms with Gasteiger partial charge in [-0.3, -0.25) is 9.36 Å². The van der Waals surface area contributed by atoms with E-state index in [1.807, 2.05) is 0 Å². The molecule has 104 valence electrons. The highest BCUT2D eigenvalue weighted by atomic mass is 19.3. The van der Waals surface area contributed by atoms with Crippen molar-refractivity contribution in [2.45, 2.75) is 19.0 Å². The fourth-order valence-electron chi connectivity index (χ4n) is 1.64. The number of hydrogen-bond donors (Lipinski definition) is 1. The maximum absolute atomic E-state index is 12.7. The number of hydrogen-bond acceptors (Lipinski definition) is 4. The van der Waals surface area contributed by atoms with Crippen LogP contribution in [0, 0.1) is 11.3 Å². The first-order valence-electron chi connectivity index (χ1n) is 5.64. The van der Waals surface area contributed by atoms with Crippen LogP contribution in [0.5, 0.6) is 0 Å². The summed E-state index contributed by atoms with van der Waals surface area (Å²) in [6, 6.07) is 4.96. The Morgan fingerprint density at radius 1 is 1.60 bits per heavy atom. The van der Waals surface area contributed by atoms with Crippen molar-refractivity contribution >= 4 is 5.91 Å². The molecule has 0 aliphatic heterocycles. The van der Waals surface area contributed by atoms with Crippen molar-refractivity contribution in [2.24, 2.45) is 0 Å². The summed E-state index contributed by atoms with van der Waals surface area (Å²) in [5.74, 6) is -1.92. The fourth-order valence-corrected chi connectivity index (χ4v) is 1.64. The summed E-state index contributed by atoms with van der Waals surface area (Å²) >= 11 is 0. The summed E-state index contributed by atoms with van der Waals surface area (Å²) in [6.07, 6.45) is 3.57. The minimum atomic E-state index is -2.86. The van der Waals surface area contributed by atoms with Crippen LogP contribution in [0.3, 0.4) is 0 Å². The van der Waals surface area contributed by atoms with Crippen LogP contribution in [0.2, 0.25) is 0 Å². The van der Waals surface area contributed by atoms with Gasteiger partial charge in [0.2, 0.25) is 5.91 Å². The van der Waals surface area contributed by atoms with E-state index < -0.39 is 18.4 Å². The number of nitrogens with zero attached hydrogens (tertiary/aromatic N) is 3. The van der Waals surface area contributed by atoms with Gasteiger partial charge in [-0.05, 0) is 12.1 Å². The molecule has 0 spiro atoms. The van der Waals surface area contributed by atoms with E-state index in [0.717, 1.165) is 12.4 Å². The van der Waals surface area contributed by atoms with Crippen molar-refractivity contribution in [1.29, 1.82) is 5.26 Å². The van der Waals surface area contributed by atoms with E-state index >= 15 is 0 Å². The topological polar surface area (TPSA) is 83.8 Å². The Labute approximate surface area is 112 Å². The van der Waals surface area contributed by atoms with Crippen molar-refractivity contribution in [3.63, 3.8) is 0 Å². The lowest BCUT2D eigenvalue weighted by atomic mass is 10.1. The molecule has 2 rings (SSSR count). The minimum Gasteiger partial charge on any atom is -0.467 e. The van der Waals surface area contributed by atoms with E-state index in [4.69, 9.17) is 9.68 Å². The SMILES string of the molecule is N#C[C@H](C(=O)NCc1ccco1)c1nccn1C(F)F. The molecule has 1 N–H and O–H groups in total. The molecule has 0 aliphatic rings. The molecular formula is C12H10F2N4O2. The zero-order valence-electron chi connectivity index (χ0n) is 10.2. The molecule has 20 heavy (non-hydrogen) atoms. The van der Waals surface area contributed by atoms with Gasteiger partial charge in [0.15, 0.2) is 5.92 Å². The number of aromatic nitrogens is 2. The van der Waals surface area contributed by atoms with Crippen molar-refractivity contribution in [2.75, 3.05) is 0 Å². The van der Waals surface area contributed by atoms with Crippen LogP contribution in [0.1, 0.15) is 24.1 Å². The lowest BCUT2D eigenvalue weighted by Crippen LogP contribution is -2.30. The summed E-state index contributed by atoms with van der Waals surface area (Å²) in [6.45, 7) is -2.79. The van der Waals surface area contributed by atoms with Crippen LogP contribution in [-0.2, 0) is 11.3 Å². The molecule has 0 bridgehead atoms. The van der Waals surface area contributed by atoms with E-state index in [1.54, 1.807) is 18.2 Å². The predicted octanol–water partition coefficient (Wildman–Crippen LogP) is 1.79. The highest BCUT2D eigenvalue weighted by Gasteiger charge is 2.27. The predicted molar refractivity (Wildman–Crippen MR) is 62.4 cm³/mol. The van der Waals surface area contributed by atoms with Gasteiger partial charge < -0.3 is 9.73 Å². The van der Waals surface area contributed by atoms with Crippen LogP contribution in [0.15, 0.2) is 35.2 Å². The molecular weight excluding hydrogens is 270 g/mol. The molecule has 0 aliphatic carbocycles. The standard InChI is InChI=1S/C12H10F2N4O2/c13-12(14)18-4-3-16-10(18)9(6-15)11(19)17-7-8-2-1-5-20-8/h1-5,9,12H,7H2,(H,17,19)/t9-/m0/s1. The van der Waals surface area contributed by atoms with E-state index in [-0.39, 0.29) is 12.4 Å². The lowest BCUT2D eigenvalue weighted by molar-refractivity contribution is -0.121. The second kappa shape index (κ2) is 5.97. The molecule has 0 saturated heterocycles. The Kier molecular flexibility index (Phi) is 4.10. The summed E-state index contributed by atoms with van der Waals surface area (Å²) in [7, 11) is 0. The molecule has 8 heteroatoms. The first-order chi connectivity index (χ1) is 9.63. The quantitative estimate of drug-likeness (QED) is 0.905. The Hall–Kier alpha value is -2.69. The van der Waals surface area contributed by atoms with Gasteiger partial charge in [0.1, 0.15) is 11.6 Å². The smallest absolute Gasteiger partial charge is 0.319 e. The normalized spacial score (nSPS) is 12.1. The van der Waals surface area contributed by atoms with Gasteiger partial charge in [-0.1, -0.05) is 0 Å². The van der Waals surface area contributed by atoms with Gasteiger partial charge >= 0.3 is 6.55 Å². The maximum atomic E-state index is 12.7. The third-order valence-electron chi connectivity index (χ3n) is 2.58. The Morgan fingerprint density at radius 2 is 2.40 bits per heavy atom. The third kappa shape index (κ3) is 2.83. The number of alkyl halides is 2. The highest BCUT2D eigenvalue weighted by molar-refractivity contribution is 5.85. The van der Waals surface area contributed by atoms with E-state index in [2.05, 4.69) is 10.3 Å². The second-order valence-electron chi connectivity index (χ2n) is 3.83. The van der Waals surface area contributed by atoms with Crippen LogP contribution in [-0.4, -0.2) is 15.5 Å². The largest absolute Gasteiger partial charge is 0.467 e. The molecule has 0 saturated carbocycles. The number of rotatable bonds is 5. The second-order valence-corrected chi connectivity index (χ2v) is 3.83. The van der Waals surface area contributed by atoms with Crippen LogP contribution in [0.4, 0.5) is 8.78 Å². The van der Waals surface area contributed by atoms with Crippen molar-refractivity contribution in [1.82, 2.24) is 14.9 Å². The lowest BCUT2D eigenvalue weighted by Gasteiger charge is -2.11. The van der Waals surface area contributed by atoms with Gasteiger partial charge in [-0.25, -0.2) is 4.98 Å². The summed E-state index contributed by atoms with van der Waals surface area (Å²) in [5.41, 5.74) is 0. The van der Waals surface area contributed by atoms with Gasteiger partial charge in [-0.15, -0.1) is 0 Å². The number of carbonyl (C=O) groups excluding carboxylic acids is 1. The monoisotopic (exact) mass is 280 g/mol. The maximum Gasteiger partial charge on any atom is 0.319 e. The number of amides is 1. The Morgan fingerprint density at radius 3 is 3.00 bits per heavy atom. The van der Waals surface area contributed by atoms with Crippen LogP contribution in [0.25, 0.3) is 0 Å². The summed E-state index contributed by atoms with van der Waals surface area (Å²) in [5, 5.41) is 11.4. The number of carbonyl (C=O) groups is 1. The first kappa shape index (κ1) is 13.7. The first-order valence-corrected chi connectivity index (χ1v) is 5.64. The molecule has 0 fully saturated rings. The van der Waals surface area contributed by atoms with E-state index in [1.165, 1.54) is 6.26 Å². The molecule has 2 heterocycles. The van der Waals surface area contributed by atoms with E-state index in [0.29, 0.717) is 10.3 Å². The number of nitriles is 1. The van der Waals surface area contributed by atoms with E-state index in [9.17, 15) is 13.6 Å². The van der Waals surface area contributed by atoms with Crippen molar-refractivity contribution in [3.8, 4) is 6.07 Å². The third-order valence-corrected chi connectivity index (χ3v) is 2.58. The average Bonchev–Trinajstić information content (AvgIpc) is 3.08. The van der Waals surface area contributed by atoms with Crippen LogP contribution >= 0.6 is 0 Å². The summed E-state index contributed by atoms with van der Waals surface area (Å²) < 4.78 is 30.9. The fraction of sp³-hybridized carbons (Fsp3) is 0.250. The molecule has 2 aromatic heterocycles.